The predicted molar refractivity (Wildman–Crippen MR) is 139 cm³/mol. The van der Waals surface area contributed by atoms with E-state index in [-0.39, 0.29) is 18.2 Å². The van der Waals surface area contributed by atoms with E-state index in [9.17, 15) is 19.5 Å². The molecule has 2 unspecified atom stereocenters. The second kappa shape index (κ2) is 10.9. The molecule has 4 aromatic rings. The van der Waals surface area contributed by atoms with Gasteiger partial charge in [-0.3, -0.25) is 13.8 Å². The first kappa shape index (κ1) is 25.9. The monoisotopic (exact) mass is 517 g/mol. The fraction of sp³-hybridized carbons (Fsp3) is 0.154. The van der Waals surface area contributed by atoms with E-state index < -0.39 is 14.1 Å². The molecule has 2 N–H and O–H groups in total. The highest BCUT2D eigenvalue weighted by molar-refractivity contribution is 7.47. The number of aromatic nitrogens is 3. The minimum atomic E-state index is -4.29. The van der Waals surface area contributed by atoms with E-state index in [0.717, 1.165) is 16.7 Å². The van der Waals surface area contributed by atoms with E-state index in [0.29, 0.717) is 22.3 Å². The van der Waals surface area contributed by atoms with Crippen molar-refractivity contribution in [2.75, 3.05) is 11.9 Å². The first-order valence-corrected chi connectivity index (χ1v) is 12.8. The molecule has 0 aliphatic carbocycles. The largest absolute Gasteiger partial charge is 0.474 e. The number of hydrogen-bond donors (Lipinski definition) is 2. The third kappa shape index (κ3) is 5.82. The number of rotatable bonds is 9. The van der Waals surface area contributed by atoms with Crippen LogP contribution in [0.1, 0.15) is 25.8 Å². The Balaban J connectivity index is 1.85. The number of hydrogen-bond acceptors (Lipinski definition) is 7. The standard InChI is InChI=1S/C26H24N5O5P/c1-4-25(32)30-21-8-6-7-18(11-21)20-13-23-24(19-9-10-28-22(12-19)14-27)16-31(26(23)29-15-20)17(3)36-37(33,34)35-5-2/h4,6-13,15-17H,1,5H2,2-3H3,(H,30,32)(H,33,34). The van der Waals surface area contributed by atoms with Gasteiger partial charge in [0.05, 0.1) is 6.61 Å². The van der Waals surface area contributed by atoms with Gasteiger partial charge in [0.15, 0.2) is 0 Å². The van der Waals surface area contributed by atoms with Crippen molar-refractivity contribution in [3.05, 3.63) is 79.4 Å². The number of nitrogens with one attached hydrogen (secondary N) is 1. The molecule has 3 heterocycles. The fourth-order valence-corrected chi connectivity index (χ4v) is 4.74. The summed E-state index contributed by atoms with van der Waals surface area (Å²) in [5.74, 6) is -0.321. The summed E-state index contributed by atoms with van der Waals surface area (Å²) in [6.07, 6.45) is 5.25. The second-order valence-electron chi connectivity index (χ2n) is 7.95. The molecule has 4 rings (SSSR count). The Kier molecular flexibility index (Phi) is 7.62. The van der Waals surface area contributed by atoms with Crippen LogP contribution in [0.3, 0.4) is 0 Å². The number of benzene rings is 1. The summed E-state index contributed by atoms with van der Waals surface area (Å²) < 4.78 is 24.1. The topological polar surface area (TPSA) is 139 Å². The summed E-state index contributed by atoms with van der Waals surface area (Å²) in [7, 11) is -4.29. The Morgan fingerprint density at radius 1 is 1.27 bits per heavy atom. The molecular formula is C26H24N5O5P. The van der Waals surface area contributed by atoms with E-state index in [1.165, 1.54) is 12.3 Å². The van der Waals surface area contributed by atoms with Crippen LogP contribution >= 0.6 is 7.82 Å². The summed E-state index contributed by atoms with van der Waals surface area (Å²) in [6.45, 7) is 6.69. The van der Waals surface area contributed by atoms with Crippen LogP contribution in [0.15, 0.2) is 73.7 Å². The van der Waals surface area contributed by atoms with Crippen molar-refractivity contribution in [2.45, 2.75) is 20.1 Å². The van der Waals surface area contributed by atoms with E-state index in [4.69, 9.17) is 9.05 Å². The molecule has 0 aliphatic heterocycles. The lowest BCUT2D eigenvalue weighted by Crippen LogP contribution is -2.09. The number of pyridine rings is 2. The van der Waals surface area contributed by atoms with E-state index in [1.807, 2.05) is 30.3 Å². The maximum Gasteiger partial charge on any atom is 0.474 e. The normalized spacial score (nSPS) is 13.5. The minimum absolute atomic E-state index is 0.0139. The molecule has 0 fully saturated rings. The first-order chi connectivity index (χ1) is 17.7. The highest BCUT2D eigenvalue weighted by Gasteiger charge is 2.26. The maximum atomic E-state index is 12.3. The van der Waals surface area contributed by atoms with E-state index in [2.05, 4.69) is 21.9 Å². The van der Waals surface area contributed by atoms with Crippen LogP contribution in [0, 0.1) is 11.3 Å². The molecule has 1 aromatic carbocycles. The lowest BCUT2D eigenvalue weighted by atomic mass is 10.0. The fourth-order valence-electron chi connectivity index (χ4n) is 3.86. The average Bonchev–Trinajstić information content (AvgIpc) is 3.27. The highest BCUT2D eigenvalue weighted by atomic mass is 31.2. The molecule has 37 heavy (non-hydrogen) atoms. The summed E-state index contributed by atoms with van der Waals surface area (Å²) >= 11 is 0. The number of carbonyl (C=O) groups excluding carboxylic acids is 1. The van der Waals surface area contributed by atoms with Crippen LogP contribution < -0.4 is 5.32 Å². The molecule has 0 radical (unpaired) electrons. The lowest BCUT2D eigenvalue weighted by molar-refractivity contribution is -0.111. The van der Waals surface area contributed by atoms with Gasteiger partial charge in [0.2, 0.25) is 5.91 Å². The average molecular weight is 517 g/mol. The zero-order chi connectivity index (χ0) is 26.6. The van der Waals surface area contributed by atoms with Crippen molar-refractivity contribution >= 4 is 30.5 Å². The second-order valence-corrected chi connectivity index (χ2v) is 9.36. The summed E-state index contributed by atoms with van der Waals surface area (Å²) in [5, 5.41) is 12.8. The quantitative estimate of drug-likeness (QED) is 0.221. The Labute approximate surface area is 213 Å². The summed E-state index contributed by atoms with van der Waals surface area (Å²) in [5.41, 5.74) is 4.35. The maximum absolute atomic E-state index is 12.3. The minimum Gasteiger partial charge on any atom is -0.323 e. The molecular weight excluding hydrogens is 493 g/mol. The number of carbonyl (C=O) groups is 1. The van der Waals surface area contributed by atoms with Crippen LogP contribution in [0.2, 0.25) is 0 Å². The molecule has 2 atom stereocenters. The van der Waals surface area contributed by atoms with Crippen molar-refractivity contribution in [3.8, 4) is 28.3 Å². The lowest BCUT2D eigenvalue weighted by Gasteiger charge is -2.18. The van der Waals surface area contributed by atoms with Gasteiger partial charge in [-0.1, -0.05) is 18.7 Å². The number of nitrogens with zero attached hydrogens (tertiary/aromatic N) is 4. The van der Waals surface area contributed by atoms with Crippen molar-refractivity contribution in [1.29, 1.82) is 5.26 Å². The molecule has 0 saturated heterocycles. The molecule has 10 nitrogen and oxygen atoms in total. The SMILES string of the molecule is C=CC(=O)Nc1cccc(-c2cnc3c(c2)c(-c2ccnc(C#N)c2)cn3C(C)OP(=O)(O)OCC)c1. The number of nitriles is 1. The van der Waals surface area contributed by atoms with Gasteiger partial charge in [-0.25, -0.2) is 14.5 Å². The molecule has 3 aromatic heterocycles. The summed E-state index contributed by atoms with van der Waals surface area (Å²) in [4.78, 5) is 30.4. The number of anilines is 1. The van der Waals surface area contributed by atoms with Crippen LogP contribution in [-0.4, -0.2) is 31.9 Å². The zero-order valence-electron chi connectivity index (χ0n) is 20.2. The van der Waals surface area contributed by atoms with Crippen molar-refractivity contribution in [2.24, 2.45) is 0 Å². The van der Waals surface area contributed by atoms with Gasteiger partial charge in [-0.2, -0.15) is 5.26 Å². The van der Waals surface area contributed by atoms with Gasteiger partial charge in [-0.05, 0) is 61.4 Å². The van der Waals surface area contributed by atoms with Gasteiger partial charge in [0.1, 0.15) is 23.6 Å². The Morgan fingerprint density at radius 2 is 2.08 bits per heavy atom. The number of amides is 1. The van der Waals surface area contributed by atoms with Crippen molar-refractivity contribution in [1.82, 2.24) is 14.5 Å². The molecule has 0 bridgehead atoms. The van der Waals surface area contributed by atoms with E-state index >= 15 is 0 Å². The Hall–Kier alpha value is -4.13. The smallest absolute Gasteiger partial charge is 0.323 e. The zero-order valence-corrected chi connectivity index (χ0v) is 21.1. The van der Waals surface area contributed by atoms with Crippen LogP contribution in [0.25, 0.3) is 33.3 Å². The first-order valence-electron chi connectivity index (χ1n) is 11.3. The number of phosphoric ester groups is 1. The Bertz CT molecular complexity index is 1580. The third-order valence-corrected chi connectivity index (χ3v) is 6.63. The Morgan fingerprint density at radius 3 is 2.81 bits per heavy atom. The molecule has 188 valence electrons. The highest BCUT2D eigenvalue weighted by Crippen LogP contribution is 2.47. The van der Waals surface area contributed by atoms with Crippen molar-refractivity contribution in [3.63, 3.8) is 0 Å². The van der Waals surface area contributed by atoms with Gasteiger partial charge in [0.25, 0.3) is 0 Å². The van der Waals surface area contributed by atoms with E-state index in [1.54, 1.807) is 49.0 Å². The van der Waals surface area contributed by atoms with Gasteiger partial charge in [0, 0.05) is 40.8 Å². The molecule has 0 aliphatic rings. The van der Waals surface area contributed by atoms with Crippen LogP contribution in [0.4, 0.5) is 5.69 Å². The van der Waals surface area contributed by atoms with Crippen LogP contribution in [0.5, 0.6) is 0 Å². The molecule has 0 saturated carbocycles. The van der Waals surface area contributed by atoms with Gasteiger partial charge < -0.3 is 14.8 Å². The van der Waals surface area contributed by atoms with Crippen LogP contribution in [-0.2, 0) is 18.4 Å². The van der Waals surface area contributed by atoms with Gasteiger partial charge >= 0.3 is 7.82 Å². The third-order valence-electron chi connectivity index (χ3n) is 5.47. The molecule has 0 spiro atoms. The number of phosphoric acid groups is 1. The number of fused-ring (bicyclic) bond motifs is 1. The predicted octanol–water partition coefficient (Wildman–Crippen LogP) is 5.43. The van der Waals surface area contributed by atoms with Crippen molar-refractivity contribution < 1.29 is 23.3 Å². The molecule has 1 amide bonds. The summed E-state index contributed by atoms with van der Waals surface area (Å²) in [6, 6.07) is 14.7. The molecule has 11 heteroatoms. The van der Waals surface area contributed by atoms with Gasteiger partial charge in [-0.15, -0.1) is 0 Å².